The molecule has 5 nitrogen and oxygen atoms in total. The Morgan fingerprint density at radius 3 is 2.72 bits per heavy atom. The van der Waals surface area contributed by atoms with Gasteiger partial charge < -0.3 is 15.2 Å². The van der Waals surface area contributed by atoms with Crippen molar-refractivity contribution in [2.75, 3.05) is 23.7 Å². The minimum atomic E-state index is -0.343. The summed E-state index contributed by atoms with van der Waals surface area (Å²) in [6.07, 6.45) is 3.94. The summed E-state index contributed by atoms with van der Waals surface area (Å²) in [5.41, 5.74) is 7.81. The highest BCUT2D eigenvalue weighted by Crippen LogP contribution is 2.29. The van der Waals surface area contributed by atoms with Crippen LogP contribution in [0.3, 0.4) is 0 Å². The van der Waals surface area contributed by atoms with Crippen molar-refractivity contribution in [1.29, 1.82) is 0 Å². The van der Waals surface area contributed by atoms with Gasteiger partial charge >= 0.3 is 0 Å². The third-order valence-electron chi connectivity index (χ3n) is 4.73. The van der Waals surface area contributed by atoms with Crippen LogP contribution in [0.2, 0.25) is 0 Å². The number of rotatable bonds is 3. The van der Waals surface area contributed by atoms with Crippen LogP contribution in [0.4, 0.5) is 15.2 Å². The highest BCUT2D eigenvalue weighted by Gasteiger charge is 2.20. The number of hydrogen-bond acceptors (Lipinski definition) is 5. The Bertz CT molecular complexity index is 1000. The van der Waals surface area contributed by atoms with E-state index in [9.17, 15) is 9.18 Å². The molecule has 1 fully saturated rings. The van der Waals surface area contributed by atoms with Crippen molar-refractivity contribution in [3.8, 4) is 11.3 Å². The molecule has 130 valence electrons. The maximum absolute atomic E-state index is 14.7. The molecule has 0 atom stereocenters. The van der Waals surface area contributed by atoms with E-state index in [0.29, 0.717) is 34.0 Å². The highest BCUT2D eigenvalue weighted by molar-refractivity contribution is 7.13. The summed E-state index contributed by atoms with van der Waals surface area (Å²) in [4.78, 5) is 19.2. The molecule has 3 heterocycles. The number of thiazole rings is 1. The Hall–Kier alpha value is -2.41. The summed E-state index contributed by atoms with van der Waals surface area (Å²) in [6.45, 7) is 4.39. The molecule has 7 heteroatoms. The standard InChI is InChI=1S/C18H19FN4OS/c1-2-22-9-12(14-10-25-18(20)21-14)17(24)11-7-13(19)16(8-15(11)22)23-5-3-4-6-23/h7-10H,2-6H2,1H3,(H2,20,21). The van der Waals surface area contributed by atoms with E-state index in [4.69, 9.17) is 5.73 Å². The Balaban J connectivity index is 1.96. The fourth-order valence-electron chi connectivity index (χ4n) is 3.46. The number of hydrogen-bond donors (Lipinski definition) is 1. The van der Waals surface area contributed by atoms with Gasteiger partial charge in [0.05, 0.1) is 22.5 Å². The van der Waals surface area contributed by atoms with Crippen molar-refractivity contribution >= 4 is 33.1 Å². The van der Waals surface area contributed by atoms with Crippen LogP contribution >= 0.6 is 11.3 Å². The van der Waals surface area contributed by atoms with Gasteiger partial charge in [0.1, 0.15) is 5.82 Å². The van der Waals surface area contributed by atoms with Gasteiger partial charge in [0.2, 0.25) is 0 Å². The number of pyridine rings is 1. The Morgan fingerprint density at radius 2 is 2.08 bits per heavy atom. The van der Waals surface area contributed by atoms with E-state index >= 15 is 0 Å². The van der Waals surface area contributed by atoms with Crippen molar-refractivity contribution in [3.05, 3.63) is 39.8 Å². The van der Waals surface area contributed by atoms with E-state index in [0.717, 1.165) is 31.4 Å². The van der Waals surface area contributed by atoms with Crippen molar-refractivity contribution < 1.29 is 4.39 Å². The van der Waals surface area contributed by atoms with Gasteiger partial charge in [-0.1, -0.05) is 0 Å². The first-order valence-corrected chi connectivity index (χ1v) is 9.29. The molecule has 0 bridgehead atoms. The molecule has 3 aromatic rings. The number of benzene rings is 1. The normalized spacial score (nSPS) is 14.6. The summed E-state index contributed by atoms with van der Waals surface area (Å²) in [5, 5.41) is 2.55. The zero-order valence-corrected chi connectivity index (χ0v) is 14.8. The minimum absolute atomic E-state index is 0.211. The molecule has 0 radical (unpaired) electrons. The van der Waals surface area contributed by atoms with Crippen LogP contribution in [0.1, 0.15) is 19.8 Å². The Morgan fingerprint density at radius 1 is 1.32 bits per heavy atom. The molecule has 1 saturated heterocycles. The lowest BCUT2D eigenvalue weighted by Gasteiger charge is -2.20. The van der Waals surface area contributed by atoms with Gasteiger partial charge in [-0.3, -0.25) is 4.79 Å². The summed E-state index contributed by atoms with van der Waals surface area (Å²) in [6, 6.07) is 3.18. The van der Waals surface area contributed by atoms with Crippen molar-refractivity contribution in [3.63, 3.8) is 0 Å². The second kappa shape index (κ2) is 6.15. The predicted molar refractivity (Wildman–Crippen MR) is 101 cm³/mol. The van der Waals surface area contributed by atoms with Crippen LogP contribution in [0.25, 0.3) is 22.2 Å². The van der Waals surface area contributed by atoms with Crippen molar-refractivity contribution in [2.24, 2.45) is 0 Å². The average molecular weight is 358 g/mol. The predicted octanol–water partition coefficient (Wildman–Crippen LogP) is 3.47. The summed E-state index contributed by atoms with van der Waals surface area (Å²) >= 11 is 1.29. The van der Waals surface area contributed by atoms with Crippen LogP contribution in [0.15, 0.2) is 28.5 Å². The largest absolute Gasteiger partial charge is 0.375 e. The van der Waals surface area contributed by atoms with Gasteiger partial charge in [-0.15, -0.1) is 11.3 Å². The van der Waals surface area contributed by atoms with Crippen LogP contribution in [-0.4, -0.2) is 22.6 Å². The maximum atomic E-state index is 14.7. The molecule has 25 heavy (non-hydrogen) atoms. The fourth-order valence-corrected chi connectivity index (χ4v) is 4.02. The second-order valence-electron chi connectivity index (χ2n) is 6.24. The maximum Gasteiger partial charge on any atom is 0.198 e. The van der Waals surface area contributed by atoms with E-state index in [-0.39, 0.29) is 11.2 Å². The highest BCUT2D eigenvalue weighted by atomic mass is 32.1. The molecule has 0 aliphatic carbocycles. The number of aryl methyl sites for hydroxylation is 1. The van der Waals surface area contributed by atoms with Crippen molar-refractivity contribution in [1.82, 2.24) is 9.55 Å². The Kier molecular flexibility index (Phi) is 3.95. The Labute approximate surface area is 148 Å². The first-order valence-electron chi connectivity index (χ1n) is 8.41. The van der Waals surface area contributed by atoms with E-state index in [1.807, 2.05) is 16.4 Å². The second-order valence-corrected chi connectivity index (χ2v) is 7.13. The monoisotopic (exact) mass is 358 g/mol. The van der Waals surface area contributed by atoms with E-state index in [2.05, 4.69) is 4.98 Å². The van der Waals surface area contributed by atoms with Gasteiger partial charge in [0, 0.05) is 36.6 Å². The lowest BCUT2D eigenvalue weighted by molar-refractivity contribution is 0.624. The van der Waals surface area contributed by atoms with E-state index in [1.165, 1.54) is 17.4 Å². The van der Waals surface area contributed by atoms with Gasteiger partial charge in [0.15, 0.2) is 10.6 Å². The van der Waals surface area contributed by atoms with Gasteiger partial charge in [-0.25, -0.2) is 9.37 Å². The number of nitrogens with two attached hydrogens (primary N) is 1. The smallest absolute Gasteiger partial charge is 0.198 e. The van der Waals surface area contributed by atoms with E-state index in [1.54, 1.807) is 17.6 Å². The summed E-state index contributed by atoms with van der Waals surface area (Å²) < 4.78 is 16.7. The summed E-state index contributed by atoms with van der Waals surface area (Å²) in [7, 11) is 0. The minimum Gasteiger partial charge on any atom is -0.375 e. The van der Waals surface area contributed by atoms with Crippen molar-refractivity contribution in [2.45, 2.75) is 26.3 Å². The average Bonchev–Trinajstić information content (AvgIpc) is 3.27. The quantitative estimate of drug-likeness (QED) is 0.779. The number of anilines is 2. The fraction of sp³-hybridized carbons (Fsp3) is 0.333. The molecule has 0 amide bonds. The molecule has 0 saturated carbocycles. The van der Waals surface area contributed by atoms with Gasteiger partial charge in [-0.2, -0.15) is 0 Å². The number of aromatic nitrogens is 2. The van der Waals surface area contributed by atoms with Gasteiger partial charge in [0.25, 0.3) is 0 Å². The van der Waals surface area contributed by atoms with Gasteiger partial charge in [-0.05, 0) is 31.9 Å². The van der Waals surface area contributed by atoms with Crippen LogP contribution < -0.4 is 16.1 Å². The molecule has 1 aromatic carbocycles. The number of nitrogens with zero attached hydrogens (tertiary/aromatic N) is 3. The summed E-state index contributed by atoms with van der Waals surface area (Å²) in [5.74, 6) is -0.343. The first kappa shape index (κ1) is 16.1. The molecular formula is C18H19FN4OS. The number of fused-ring (bicyclic) bond motifs is 1. The lowest BCUT2D eigenvalue weighted by atomic mass is 10.1. The molecule has 4 rings (SSSR count). The topological polar surface area (TPSA) is 64.2 Å². The third kappa shape index (κ3) is 2.68. The first-order chi connectivity index (χ1) is 12.1. The lowest BCUT2D eigenvalue weighted by Crippen LogP contribution is -2.20. The molecule has 1 aliphatic heterocycles. The third-order valence-corrected chi connectivity index (χ3v) is 5.41. The molecule has 2 aromatic heterocycles. The molecule has 2 N–H and O–H groups in total. The molecular weight excluding hydrogens is 339 g/mol. The number of halogens is 1. The molecule has 1 aliphatic rings. The van der Waals surface area contributed by atoms with Crippen LogP contribution in [-0.2, 0) is 6.54 Å². The molecule has 0 unspecified atom stereocenters. The molecule has 0 spiro atoms. The van der Waals surface area contributed by atoms with E-state index < -0.39 is 0 Å². The van der Waals surface area contributed by atoms with Crippen LogP contribution in [0.5, 0.6) is 0 Å². The number of nitrogen functional groups attached to an aromatic ring is 1. The zero-order chi connectivity index (χ0) is 17.6. The zero-order valence-electron chi connectivity index (χ0n) is 14.0. The van der Waals surface area contributed by atoms with Crippen LogP contribution in [0, 0.1) is 5.82 Å². The SMILES string of the molecule is CCn1cc(-c2csc(N)n2)c(=O)c2cc(F)c(N3CCCC3)cc21.